The number of pyridine rings is 2. The van der Waals surface area contributed by atoms with Gasteiger partial charge in [-0.2, -0.15) is 0 Å². The molecule has 1 unspecified atom stereocenters. The highest BCUT2D eigenvalue weighted by Gasteiger charge is 2.54. The predicted octanol–water partition coefficient (Wildman–Crippen LogP) is 4.56. The lowest BCUT2D eigenvalue weighted by Gasteiger charge is -2.61. The average Bonchev–Trinajstić information content (AvgIpc) is 3.45. The van der Waals surface area contributed by atoms with E-state index in [1.807, 2.05) is 35.2 Å². The van der Waals surface area contributed by atoms with Crippen molar-refractivity contribution in [1.82, 2.24) is 29.3 Å². The van der Waals surface area contributed by atoms with Gasteiger partial charge in [0, 0.05) is 105 Å². The molecule has 4 saturated heterocycles. The summed E-state index contributed by atoms with van der Waals surface area (Å²) in [6.07, 6.45) is 6.57. The number of aromatic nitrogens is 4. The fraction of sp³-hybridized carbons (Fsp3) is 0.357. The van der Waals surface area contributed by atoms with Gasteiger partial charge in [0.1, 0.15) is 24.2 Å². The number of hydrogen-bond acceptors (Lipinski definition) is 11. The van der Waals surface area contributed by atoms with Gasteiger partial charge in [-0.1, -0.05) is 29.3 Å². The number of amides is 3. The molecule has 3 aromatic heterocycles. The molecular weight excluding hydrogens is 795 g/mol. The Bertz CT molecular complexity index is 2570. The molecule has 0 saturated carbocycles. The number of hydrogen-bond donors (Lipinski definition) is 3. The van der Waals surface area contributed by atoms with Crippen molar-refractivity contribution in [2.24, 2.45) is 18.4 Å². The van der Waals surface area contributed by atoms with Crippen LogP contribution in [0.5, 0.6) is 5.75 Å². The number of carbonyl (C=O) groups excluding carboxylic acids is 3. The van der Waals surface area contributed by atoms with E-state index in [1.165, 1.54) is 17.0 Å². The molecular formula is C42H42Cl2N10O5. The van der Waals surface area contributed by atoms with Crippen molar-refractivity contribution in [3.8, 4) is 5.75 Å². The SMILES string of the molecule is Cn1c(=O)n(C2CCC(=O)NC2=O)c2cccc(N3CCC(C(=O)N4CC5(C4)CN(c4ccc(C(=N)c6cc(OCc7c(Cl)cncc7Cl)ccc6N)cn4)C5)CC3)c21. The van der Waals surface area contributed by atoms with Gasteiger partial charge in [0.15, 0.2) is 0 Å². The zero-order chi connectivity index (χ0) is 41.2. The first kappa shape index (κ1) is 38.6. The van der Waals surface area contributed by atoms with Crippen LogP contribution in [0.15, 0.2) is 71.9 Å². The molecule has 0 radical (unpaired) electrons. The van der Waals surface area contributed by atoms with E-state index in [0.29, 0.717) is 69.6 Å². The fourth-order valence-corrected chi connectivity index (χ4v) is 9.50. The number of carbonyl (C=O) groups is 3. The van der Waals surface area contributed by atoms with E-state index in [1.54, 1.807) is 36.0 Å². The molecule has 7 heterocycles. The Balaban J connectivity index is 0.774. The van der Waals surface area contributed by atoms with E-state index in [2.05, 4.69) is 25.1 Å². The number of nitrogens with two attached hydrogens (primary N) is 1. The molecule has 17 heteroatoms. The second-order valence-electron chi connectivity index (χ2n) is 16.0. The highest BCUT2D eigenvalue weighted by Crippen LogP contribution is 2.43. The third-order valence-electron chi connectivity index (χ3n) is 12.2. The molecule has 5 aromatic rings. The molecule has 2 aromatic carbocycles. The highest BCUT2D eigenvalue weighted by molar-refractivity contribution is 6.35. The van der Waals surface area contributed by atoms with E-state index < -0.39 is 11.9 Å². The first-order valence-electron chi connectivity index (χ1n) is 19.6. The number of para-hydroxylation sites is 1. The van der Waals surface area contributed by atoms with Crippen molar-refractivity contribution in [2.45, 2.75) is 38.3 Å². The fourth-order valence-electron chi connectivity index (χ4n) is 9.02. The maximum atomic E-state index is 13.7. The van der Waals surface area contributed by atoms with Gasteiger partial charge in [-0.25, -0.2) is 9.78 Å². The summed E-state index contributed by atoms with van der Waals surface area (Å²) in [7, 11) is 1.71. The normalized spacial score (nSPS) is 19.1. The van der Waals surface area contributed by atoms with E-state index in [4.69, 9.17) is 39.1 Å². The van der Waals surface area contributed by atoms with Gasteiger partial charge in [0.25, 0.3) is 0 Å². The van der Waals surface area contributed by atoms with Gasteiger partial charge in [0.05, 0.1) is 32.5 Å². The van der Waals surface area contributed by atoms with E-state index >= 15 is 0 Å². The van der Waals surface area contributed by atoms with Crippen LogP contribution in [-0.2, 0) is 28.0 Å². The molecule has 1 atom stereocenters. The number of halogens is 2. The Morgan fingerprint density at radius 2 is 1.71 bits per heavy atom. The summed E-state index contributed by atoms with van der Waals surface area (Å²) in [5.74, 6) is 0.679. The molecule has 4 aliphatic heterocycles. The lowest BCUT2D eigenvalue weighted by Crippen LogP contribution is -2.73. The summed E-state index contributed by atoms with van der Waals surface area (Å²) in [4.78, 5) is 66.6. The molecule has 304 valence electrons. The zero-order valence-electron chi connectivity index (χ0n) is 32.3. The van der Waals surface area contributed by atoms with E-state index in [9.17, 15) is 19.2 Å². The standard InChI is InChI=1S/C42H42Cl2N10O5/c1-50-38-32(3-2-4-33(38)54(41(50)58)34-8-10-36(55)49-39(34)56)51-13-11-24(12-14-51)40(57)53-22-42(23-53)20-52(21-42)35-9-5-25(16-48-35)37(46)27-15-26(6-7-31(27)45)59-19-28-29(43)17-47-18-30(28)44/h2-7,9,15-18,24,34,46H,8,10-14,19-23,45H2,1H3,(H,49,55,56). The summed E-state index contributed by atoms with van der Waals surface area (Å²) in [6.45, 7) is 4.52. The van der Waals surface area contributed by atoms with Gasteiger partial charge < -0.3 is 25.2 Å². The van der Waals surface area contributed by atoms with Crippen LogP contribution in [0.3, 0.4) is 0 Å². The van der Waals surface area contributed by atoms with Gasteiger partial charge >= 0.3 is 5.69 Å². The van der Waals surface area contributed by atoms with Gasteiger partial charge in [0.2, 0.25) is 17.7 Å². The number of benzene rings is 2. The maximum absolute atomic E-state index is 13.7. The van der Waals surface area contributed by atoms with Crippen molar-refractivity contribution >= 4 is 74.9 Å². The van der Waals surface area contributed by atoms with E-state index in [-0.39, 0.29) is 54.0 Å². The van der Waals surface area contributed by atoms with Crippen LogP contribution >= 0.6 is 23.2 Å². The minimum Gasteiger partial charge on any atom is -0.489 e. The molecule has 9 rings (SSSR count). The number of rotatable bonds is 9. The van der Waals surface area contributed by atoms with Crippen LogP contribution < -0.4 is 31.3 Å². The Morgan fingerprint density at radius 3 is 2.41 bits per heavy atom. The zero-order valence-corrected chi connectivity index (χ0v) is 33.8. The quantitative estimate of drug-likeness (QED) is 0.108. The second kappa shape index (κ2) is 15.0. The number of ether oxygens (including phenoxy) is 1. The van der Waals surface area contributed by atoms with Crippen molar-refractivity contribution in [3.63, 3.8) is 0 Å². The van der Waals surface area contributed by atoms with Crippen LogP contribution in [0, 0.1) is 16.7 Å². The molecule has 4 fully saturated rings. The second-order valence-corrected chi connectivity index (χ2v) is 16.8. The Hall–Kier alpha value is -5.93. The number of piperidine rings is 2. The number of nitrogens with one attached hydrogen (secondary N) is 2. The Morgan fingerprint density at radius 1 is 0.966 bits per heavy atom. The molecule has 59 heavy (non-hydrogen) atoms. The number of imidazole rings is 1. The molecule has 0 bridgehead atoms. The number of nitrogen functional groups attached to an aromatic ring is 1. The summed E-state index contributed by atoms with van der Waals surface area (Å²) < 4.78 is 9.02. The molecule has 0 aliphatic carbocycles. The summed E-state index contributed by atoms with van der Waals surface area (Å²) in [5, 5.41) is 12.1. The smallest absolute Gasteiger partial charge is 0.329 e. The van der Waals surface area contributed by atoms with Crippen molar-refractivity contribution < 1.29 is 19.1 Å². The van der Waals surface area contributed by atoms with E-state index in [0.717, 1.165) is 43.2 Å². The summed E-state index contributed by atoms with van der Waals surface area (Å²) >= 11 is 12.5. The molecule has 1 spiro atoms. The highest BCUT2D eigenvalue weighted by atomic mass is 35.5. The first-order valence-corrected chi connectivity index (χ1v) is 20.3. The number of imide groups is 1. The van der Waals surface area contributed by atoms with Crippen molar-refractivity contribution in [3.05, 3.63) is 104 Å². The minimum absolute atomic E-state index is 0.0547. The minimum atomic E-state index is -0.745. The molecule has 3 amide bonds. The number of aryl methyl sites for hydroxylation is 1. The third kappa shape index (κ3) is 6.95. The van der Waals surface area contributed by atoms with Gasteiger partial charge in [-0.15, -0.1) is 0 Å². The van der Waals surface area contributed by atoms with Gasteiger partial charge in [-0.05, 0) is 61.7 Å². The van der Waals surface area contributed by atoms with Gasteiger partial charge in [-0.3, -0.25) is 39.2 Å². The van der Waals surface area contributed by atoms with Crippen LogP contribution in [-0.4, -0.2) is 86.7 Å². The lowest BCUT2D eigenvalue weighted by molar-refractivity contribution is -0.150. The number of likely N-dealkylation sites (tertiary alicyclic amines) is 1. The average molecular weight is 838 g/mol. The lowest BCUT2D eigenvalue weighted by atomic mass is 9.72. The predicted molar refractivity (Wildman–Crippen MR) is 224 cm³/mol. The van der Waals surface area contributed by atoms with Crippen LogP contribution in [0.2, 0.25) is 10.0 Å². The Kier molecular flexibility index (Phi) is 9.83. The number of nitrogens with zero attached hydrogens (tertiary/aromatic N) is 7. The first-order chi connectivity index (χ1) is 28.4. The molecule has 4 N–H and O–H groups in total. The van der Waals surface area contributed by atoms with Crippen LogP contribution in [0.1, 0.15) is 48.4 Å². The summed E-state index contributed by atoms with van der Waals surface area (Å²) in [5.41, 5.74) is 10.7. The topological polar surface area (TPSA) is 185 Å². The monoisotopic (exact) mass is 836 g/mol. The van der Waals surface area contributed by atoms with Crippen molar-refractivity contribution in [2.75, 3.05) is 54.8 Å². The Labute approximate surface area is 349 Å². The third-order valence-corrected chi connectivity index (χ3v) is 12.8. The van der Waals surface area contributed by atoms with Crippen LogP contribution in [0.25, 0.3) is 11.0 Å². The number of fused-ring (bicyclic) bond motifs is 1. The molecule has 4 aliphatic rings. The largest absolute Gasteiger partial charge is 0.489 e. The van der Waals surface area contributed by atoms with Crippen LogP contribution in [0.4, 0.5) is 17.2 Å². The molecule has 15 nitrogen and oxygen atoms in total. The maximum Gasteiger partial charge on any atom is 0.329 e. The number of anilines is 3. The van der Waals surface area contributed by atoms with Crippen molar-refractivity contribution in [1.29, 1.82) is 5.41 Å². The summed E-state index contributed by atoms with van der Waals surface area (Å²) in [6, 6.07) is 13.9.